The van der Waals surface area contributed by atoms with Crippen molar-refractivity contribution in [3.8, 4) is 0 Å². The van der Waals surface area contributed by atoms with Gasteiger partial charge >= 0.3 is 0 Å². The van der Waals surface area contributed by atoms with Crippen LogP contribution >= 0.6 is 11.3 Å². The van der Waals surface area contributed by atoms with Crippen LogP contribution in [0.4, 0.5) is 5.13 Å². The molecule has 0 aliphatic carbocycles. The lowest BCUT2D eigenvalue weighted by molar-refractivity contribution is 0.0983. The van der Waals surface area contributed by atoms with Crippen LogP contribution in [0.1, 0.15) is 16.1 Å². The Hall–Kier alpha value is -3.02. The van der Waals surface area contributed by atoms with E-state index in [4.69, 9.17) is 4.42 Å². The molecular formula is C21H18N2O6S3. The van der Waals surface area contributed by atoms with Gasteiger partial charge in [0.05, 0.1) is 32.8 Å². The first-order valence-corrected chi connectivity index (χ1v) is 13.9. The molecule has 0 spiro atoms. The Morgan fingerprint density at radius 2 is 1.69 bits per heavy atom. The Kier molecular flexibility index (Phi) is 5.65. The number of carbonyl (C=O) groups is 1. The molecule has 1 amide bonds. The second-order valence-corrected chi connectivity index (χ2v) is 12.2. The van der Waals surface area contributed by atoms with Gasteiger partial charge in [0.15, 0.2) is 24.8 Å². The second kappa shape index (κ2) is 8.15. The number of anilines is 1. The Morgan fingerprint density at radius 1 is 0.969 bits per heavy atom. The average Bonchev–Trinajstić information content (AvgIpc) is 3.39. The van der Waals surface area contributed by atoms with Crippen LogP contribution in [0.25, 0.3) is 10.2 Å². The number of fused-ring (bicyclic) bond motifs is 1. The predicted octanol–water partition coefficient (Wildman–Crippen LogP) is 3.54. The van der Waals surface area contributed by atoms with Gasteiger partial charge in [-0.05, 0) is 48.5 Å². The molecule has 0 atom stereocenters. The summed E-state index contributed by atoms with van der Waals surface area (Å²) in [6, 6.07) is 13.8. The fourth-order valence-corrected chi connectivity index (χ4v) is 5.43. The maximum Gasteiger partial charge on any atom is 0.260 e. The highest BCUT2D eigenvalue weighted by Gasteiger charge is 2.24. The van der Waals surface area contributed by atoms with Gasteiger partial charge in [0.25, 0.3) is 5.91 Å². The number of rotatable bonds is 6. The van der Waals surface area contributed by atoms with Gasteiger partial charge in [-0.25, -0.2) is 21.8 Å². The molecule has 0 unspecified atom stereocenters. The molecule has 0 N–H and O–H groups in total. The highest BCUT2D eigenvalue weighted by Crippen LogP contribution is 2.32. The summed E-state index contributed by atoms with van der Waals surface area (Å²) in [6.07, 6.45) is 3.68. The summed E-state index contributed by atoms with van der Waals surface area (Å²) < 4.78 is 53.7. The Bertz CT molecular complexity index is 1520. The van der Waals surface area contributed by atoms with Crippen molar-refractivity contribution in [3.05, 3.63) is 72.2 Å². The maximum atomic E-state index is 13.4. The normalized spacial score (nSPS) is 12.2. The van der Waals surface area contributed by atoms with Gasteiger partial charge in [0.2, 0.25) is 0 Å². The molecule has 2 aromatic carbocycles. The zero-order valence-electron chi connectivity index (χ0n) is 17.0. The predicted molar refractivity (Wildman–Crippen MR) is 122 cm³/mol. The molecule has 0 aliphatic heterocycles. The molecule has 0 aliphatic rings. The first-order chi connectivity index (χ1) is 15.0. The molecular weight excluding hydrogens is 472 g/mol. The van der Waals surface area contributed by atoms with Crippen LogP contribution in [0.15, 0.2) is 75.1 Å². The third kappa shape index (κ3) is 4.59. The standard InChI is InChI=1S/C21H18N2O6S3/c1-31(25,26)16-7-3-5-14(11-16)20(24)23(13-15-6-4-10-29-15)21-22-18-9-8-17(32(2,27)28)12-19(18)30-21/h3-12H,13H2,1-2H3. The lowest BCUT2D eigenvalue weighted by Gasteiger charge is -2.19. The Labute approximate surface area is 189 Å². The zero-order valence-corrected chi connectivity index (χ0v) is 19.5. The number of thiazole rings is 1. The minimum absolute atomic E-state index is 0.0309. The number of benzene rings is 2. The monoisotopic (exact) mass is 490 g/mol. The van der Waals surface area contributed by atoms with Crippen molar-refractivity contribution in [1.82, 2.24) is 4.98 Å². The van der Waals surface area contributed by atoms with Crippen molar-refractivity contribution in [2.24, 2.45) is 0 Å². The van der Waals surface area contributed by atoms with Crippen molar-refractivity contribution in [2.75, 3.05) is 17.4 Å². The zero-order chi connectivity index (χ0) is 23.1. The Morgan fingerprint density at radius 3 is 2.34 bits per heavy atom. The van der Waals surface area contributed by atoms with E-state index >= 15 is 0 Å². The quantitative estimate of drug-likeness (QED) is 0.406. The number of hydrogen-bond acceptors (Lipinski definition) is 8. The lowest BCUT2D eigenvalue weighted by Crippen LogP contribution is -2.30. The van der Waals surface area contributed by atoms with E-state index in [0.717, 1.165) is 23.8 Å². The fourth-order valence-electron chi connectivity index (χ4n) is 3.04. The van der Waals surface area contributed by atoms with Crippen LogP contribution in [0.5, 0.6) is 0 Å². The number of hydrogen-bond donors (Lipinski definition) is 0. The molecule has 0 radical (unpaired) electrons. The molecule has 4 rings (SSSR count). The number of aromatic nitrogens is 1. The molecule has 0 fully saturated rings. The molecule has 32 heavy (non-hydrogen) atoms. The third-order valence-electron chi connectivity index (χ3n) is 4.66. The first kappa shape index (κ1) is 22.2. The molecule has 8 nitrogen and oxygen atoms in total. The van der Waals surface area contributed by atoms with E-state index in [0.29, 0.717) is 21.1 Å². The molecule has 166 valence electrons. The van der Waals surface area contributed by atoms with E-state index in [-0.39, 0.29) is 21.9 Å². The van der Waals surface area contributed by atoms with Gasteiger partial charge in [-0.15, -0.1) is 0 Å². The van der Waals surface area contributed by atoms with E-state index in [9.17, 15) is 21.6 Å². The van der Waals surface area contributed by atoms with E-state index in [1.807, 2.05) is 0 Å². The van der Waals surface area contributed by atoms with Crippen LogP contribution in [-0.2, 0) is 26.2 Å². The van der Waals surface area contributed by atoms with Crippen molar-refractivity contribution < 1.29 is 26.0 Å². The van der Waals surface area contributed by atoms with Gasteiger partial charge in [0, 0.05) is 18.1 Å². The molecule has 2 aromatic heterocycles. The van der Waals surface area contributed by atoms with Gasteiger partial charge in [0.1, 0.15) is 5.76 Å². The summed E-state index contributed by atoms with van der Waals surface area (Å²) in [6.45, 7) is 0.0632. The van der Waals surface area contributed by atoms with Crippen LogP contribution < -0.4 is 4.90 Å². The Balaban J connectivity index is 1.80. The van der Waals surface area contributed by atoms with Crippen LogP contribution in [-0.4, -0.2) is 40.2 Å². The van der Waals surface area contributed by atoms with Gasteiger partial charge in [-0.3, -0.25) is 9.69 Å². The van der Waals surface area contributed by atoms with E-state index in [1.54, 1.807) is 18.2 Å². The molecule has 4 aromatic rings. The van der Waals surface area contributed by atoms with Crippen molar-refractivity contribution in [2.45, 2.75) is 16.3 Å². The largest absolute Gasteiger partial charge is 0.467 e. The van der Waals surface area contributed by atoms with Crippen LogP contribution in [0.3, 0.4) is 0 Å². The minimum atomic E-state index is -3.50. The van der Waals surface area contributed by atoms with Crippen molar-refractivity contribution in [1.29, 1.82) is 0 Å². The number of furan rings is 1. The number of sulfone groups is 2. The molecule has 0 bridgehead atoms. The van der Waals surface area contributed by atoms with Gasteiger partial charge in [-0.1, -0.05) is 17.4 Å². The van der Waals surface area contributed by atoms with E-state index in [2.05, 4.69) is 4.98 Å². The summed E-state index contributed by atoms with van der Waals surface area (Å²) in [5.41, 5.74) is 0.718. The second-order valence-electron chi connectivity index (χ2n) is 7.17. The maximum absolute atomic E-state index is 13.4. The topological polar surface area (TPSA) is 115 Å². The highest BCUT2D eigenvalue weighted by atomic mass is 32.2. The molecule has 11 heteroatoms. The van der Waals surface area contributed by atoms with Crippen LogP contribution in [0.2, 0.25) is 0 Å². The van der Waals surface area contributed by atoms with E-state index < -0.39 is 25.6 Å². The molecule has 0 saturated carbocycles. The molecule has 0 saturated heterocycles. The summed E-state index contributed by atoms with van der Waals surface area (Å²) in [5.74, 6) is 0.0444. The van der Waals surface area contributed by atoms with Crippen LogP contribution in [0, 0.1) is 0 Å². The smallest absolute Gasteiger partial charge is 0.260 e. The minimum Gasteiger partial charge on any atom is -0.467 e. The van der Waals surface area contributed by atoms with Crippen molar-refractivity contribution >= 4 is 52.3 Å². The number of amides is 1. The summed E-state index contributed by atoms with van der Waals surface area (Å²) >= 11 is 1.16. The van der Waals surface area contributed by atoms with Crippen molar-refractivity contribution in [3.63, 3.8) is 0 Å². The highest BCUT2D eigenvalue weighted by molar-refractivity contribution is 7.91. The van der Waals surface area contributed by atoms with Gasteiger partial charge < -0.3 is 4.42 Å². The van der Waals surface area contributed by atoms with E-state index in [1.165, 1.54) is 47.6 Å². The SMILES string of the molecule is CS(=O)(=O)c1cccc(C(=O)N(Cc2ccco2)c2nc3ccc(S(C)(=O)=O)cc3s2)c1. The first-order valence-electron chi connectivity index (χ1n) is 9.27. The lowest BCUT2D eigenvalue weighted by atomic mass is 10.2. The number of carbonyl (C=O) groups excluding carboxylic acids is 1. The number of nitrogens with zero attached hydrogens (tertiary/aromatic N) is 2. The average molecular weight is 491 g/mol. The summed E-state index contributed by atoms with van der Waals surface area (Å²) in [4.78, 5) is 19.5. The molecule has 2 heterocycles. The fraction of sp³-hybridized carbons (Fsp3) is 0.143. The third-order valence-corrected chi connectivity index (χ3v) is 7.92. The van der Waals surface area contributed by atoms with Gasteiger partial charge in [-0.2, -0.15) is 0 Å². The summed E-state index contributed by atoms with van der Waals surface area (Å²) in [7, 11) is -6.90. The summed E-state index contributed by atoms with van der Waals surface area (Å²) in [5, 5.41) is 0.330.